The second kappa shape index (κ2) is 9.67. The molecule has 0 bridgehead atoms. The van der Waals surface area contributed by atoms with E-state index in [1.165, 1.54) is 18.2 Å². The average Bonchev–Trinajstić information content (AvgIpc) is 2.76. The van der Waals surface area contributed by atoms with E-state index in [0.29, 0.717) is 23.5 Å². The molecule has 158 valence electrons. The summed E-state index contributed by atoms with van der Waals surface area (Å²) >= 11 is 0.883. The Bertz CT molecular complexity index is 1120. The minimum atomic E-state index is -4.75. The SMILES string of the molecule is C=CCOc1ccc(-c2cc(C(F)(F)F)c(C#N)c(SCc3ccccc3F)n2)cc1. The number of nitriles is 1. The quantitative estimate of drug-likeness (QED) is 0.233. The van der Waals surface area contributed by atoms with Crippen molar-refractivity contribution in [3.63, 3.8) is 0 Å². The smallest absolute Gasteiger partial charge is 0.417 e. The van der Waals surface area contributed by atoms with Crippen molar-refractivity contribution < 1.29 is 22.3 Å². The number of rotatable bonds is 7. The summed E-state index contributed by atoms with van der Waals surface area (Å²) in [5, 5.41) is 9.28. The lowest BCUT2D eigenvalue weighted by atomic mass is 10.1. The zero-order valence-electron chi connectivity index (χ0n) is 16.1. The molecule has 31 heavy (non-hydrogen) atoms. The predicted octanol–water partition coefficient (Wildman–Crippen LogP) is 6.64. The second-order valence-corrected chi connectivity index (χ2v) is 7.31. The van der Waals surface area contributed by atoms with Crippen molar-refractivity contribution >= 4 is 11.8 Å². The normalized spacial score (nSPS) is 11.1. The fourth-order valence-corrected chi connectivity index (χ4v) is 3.73. The van der Waals surface area contributed by atoms with Crippen LogP contribution in [0.1, 0.15) is 16.7 Å². The van der Waals surface area contributed by atoms with E-state index in [4.69, 9.17) is 4.74 Å². The first-order valence-corrected chi connectivity index (χ1v) is 10.0. The van der Waals surface area contributed by atoms with Gasteiger partial charge in [-0.2, -0.15) is 18.4 Å². The number of pyridine rings is 1. The summed E-state index contributed by atoms with van der Waals surface area (Å²) in [6.45, 7) is 3.85. The van der Waals surface area contributed by atoms with Crippen LogP contribution < -0.4 is 4.74 Å². The Morgan fingerprint density at radius 2 is 1.84 bits per heavy atom. The molecule has 1 aromatic heterocycles. The van der Waals surface area contributed by atoms with Gasteiger partial charge in [-0.15, -0.1) is 11.8 Å². The minimum Gasteiger partial charge on any atom is -0.490 e. The lowest BCUT2D eigenvalue weighted by Crippen LogP contribution is -2.10. The van der Waals surface area contributed by atoms with Crippen molar-refractivity contribution in [3.05, 3.63) is 89.8 Å². The third-order valence-electron chi connectivity index (χ3n) is 4.24. The summed E-state index contributed by atoms with van der Waals surface area (Å²) in [6, 6.07) is 14.8. The molecule has 0 amide bonds. The highest BCUT2D eigenvalue weighted by atomic mass is 32.2. The highest BCUT2D eigenvalue weighted by Gasteiger charge is 2.36. The van der Waals surface area contributed by atoms with Crippen molar-refractivity contribution in [3.8, 4) is 23.1 Å². The van der Waals surface area contributed by atoms with Crippen LogP contribution in [0, 0.1) is 17.1 Å². The lowest BCUT2D eigenvalue weighted by Gasteiger charge is -2.14. The van der Waals surface area contributed by atoms with E-state index >= 15 is 0 Å². The maximum atomic E-state index is 13.9. The molecule has 8 heteroatoms. The number of aromatic nitrogens is 1. The molecule has 0 aliphatic heterocycles. The molecule has 0 saturated carbocycles. The molecule has 0 radical (unpaired) electrons. The molecular weight excluding hydrogens is 428 g/mol. The Morgan fingerprint density at radius 1 is 1.13 bits per heavy atom. The molecule has 0 N–H and O–H groups in total. The van der Waals surface area contributed by atoms with Crippen molar-refractivity contribution in [1.29, 1.82) is 5.26 Å². The van der Waals surface area contributed by atoms with Crippen molar-refractivity contribution in [2.45, 2.75) is 17.0 Å². The van der Waals surface area contributed by atoms with Gasteiger partial charge in [0, 0.05) is 11.3 Å². The highest BCUT2D eigenvalue weighted by Crippen LogP contribution is 2.39. The first kappa shape index (κ1) is 22.4. The highest BCUT2D eigenvalue weighted by molar-refractivity contribution is 7.98. The van der Waals surface area contributed by atoms with E-state index < -0.39 is 23.1 Å². The van der Waals surface area contributed by atoms with Crippen LogP contribution in [-0.4, -0.2) is 11.6 Å². The molecule has 0 aliphatic carbocycles. The van der Waals surface area contributed by atoms with E-state index in [2.05, 4.69) is 11.6 Å². The molecule has 0 fully saturated rings. The number of halogens is 4. The van der Waals surface area contributed by atoms with Crippen LogP contribution in [0.4, 0.5) is 17.6 Å². The topological polar surface area (TPSA) is 45.9 Å². The first-order chi connectivity index (χ1) is 14.8. The van der Waals surface area contributed by atoms with Crippen LogP contribution >= 0.6 is 11.8 Å². The molecule has 0 saturated heterocycles. The summed E-state index contributed by atoms with van der Waals surface area (Å²) in [7, 11) is 0. The lowest BCUT2D eigenvalue weighted by molar-refractivity contribution is -0.138. The van der Waals surface area contributed by atoms with Gasteiger partial charge in [-0.25, -0.2) is 9.37 Å². The van der Waals surface area contributed by atoms with E-state index in [1.807, 2.05) is 0 Å². The number of benzene rings is 2. The van der Waals surface area contributed by atoms with E-state index in [9.17, 15) is 22.8 Å². The fourth-order valence-electron chi connectivity index (χ4n) is 2.74. The largest absolute Gasteiger partial charge is 0.490 e. The Hall–Kier alpha value is -3.31. The third-order valence-corrected chi connectivity index (χ3v) is 5.27. The van der Waals surface area contributed by atoms with Crippen LogP contribution in [0.5, 0.6) is 5.75 Å². The molecule has 2 aromatic carbocycles. The van der Waals surface area contributed by atoms with Crippen molar-refractivity contribution in [2.75, 3.05) is 6.61 Å². The van der Waals surface area contributed by atoms with E-state index in [0.717, 1.165) is 17.8 Å². The van der Waals surface area contributed by atoms with Crippen LogP contribution in [0.25, 0.3) is 11.3 Å². The van der Waals surface area contributed by atoms with Crippen LogP contribution in [-0.2, 0) is 11.9 Å². The van der Waals surface area contributed by atoms with Gasteiger partial charge in [-0.05, 0) is 42.0 Å². The van der Waals surface area contributed by atoms with Crippen molar-refractivity contribution in [2.24, 2.45) is 0 Å². The van der Waals surface area contributed by atoms with E-state index in [-0.39, 0.29) is 16.5 Å². The molecular formula is C23H16F4N2OS. The molecule has 0 atom stereocenters. The summed E-state index contributed by atoms with van der Waals surface area (Å²) in [5.41, 5.74) is -0.876. The Morgan fingerprint density at radius 3 is 2.45 bits per heavy atom. The van der Waals surface area contributed by atoms with Gasteiger partial charge in [0.25, 0.3) is 0 Å². The zero-order chi connectivity index (χ0) is 22.4. The van der Waals surface area contributed by atoms with Gasteiger partial charge in [0.2, 0.25) is 0 Å². The number of nitrogens with zero attached hydrogens (tertiary/aromatic N) is 2. The molecule has 3 nitrogen and oxygen atoms in total. The molecule has 3 aromatic rings. The average molecular weight is 444 g/mol. The Balaban J connectivity index is 2.02. The maximum absolute atomic E-state index is 13.9. The summed E-state index contributed by atoms with van der Waals surface area (Å²) in [4.78, 5) is 4.29. The van der Waals surface area contributed by atoms with Gasteiger partial charge >= 0.3 is 6.18 Å². The van der Waals surface area contributed by atoms with Crippen LogP contribution in [0.15, 0.2) is 72.3 Å². The minimum absolute atomic E-state index is 0.0312. The maximum Gasteiger partial charge on any atom is 0.417 e. The third kappa shape index (κ3) is 5.44. The van der Waals surface area contributed by atoms with Gasteiger partial charge < -0.3 is 4.74 Å². The number of ether oxygens (including phenoxy) is 1. The van der Waals surface area contributed by atoms with Gasteiger partial charge in [-0.1, -0.05) is 30.9 Å². The monoisotopic (exact) mass is 444 g/mol. The number of thioether (sulfide) groups is 1. The summed E-state index contributed by atoms with van der Waals surface area (Å²) < 4.78 is 60.3. The first-order valence-electron chi connectivity index (χ1n) is 9.06. The molecule has 1 heterocycles. The Kier molecular flexibility index (Phi) is 6.98. The van der Waals surface area contributed by atoms with Crippen molar-refractivity contribution in [1.82, 2.24) is 4.98 Å². The van der Waals surface area contributed by atoms with Gasteiger partial charge in [-0.3, -0.25) is 0 Å². The summed E-state index contributed by atoms with van der Waals surface area (Å²) in [5.74, 6) is 0.0852. The summed E-state index contributed by atoms with van der Waals surface area (Å²) in [6.07, 6.45) is -3.17. The number of hydrogen-bond acceptors (Lipinski definition) is 4. The second-order valence-electron chi connectivity index (χ2n) is 6.35. The van der Waals surface area contributed by atoms with Gasteiger partial charge in [0.05, 0.1) is 16.8 Å². The standard InChI is InChI=1S/C23H16F4N2OS/c1-2-11-30-17-9-7-15(8-10-17)21-12-19(23(25,26)27)18(13-28)22(29-21)31-14-16-5-3-4-6-20(16)24/h2-10,12H,1,11,14H2. The number of hydrogen-bond donors (Lipinski definition) is 0. The molecule has 0 unspecified atom stereocenters. The fraction of sp³-hybridized carbons (Fsp3) is 0.130. The van der Waals surface area contributed by atoms with E-state index in [1.54, 1.807) is 42.5 Å². The molecule has 0 aliphatic rings. The van der Waals surface area contributed by atoms with Gasteiger partial charge in [0.15, 0.2) is 0 Å². The van der Waals surface area contributed by atoms with Crippen LogP contribution in [0.3, 0.4) is 0 Å². The Labute approximate surface area is 181 Å². The zero-order valence-corrected chi connectivity index (χ0v) is 16.9. The molecule has 3 rings (SSSR count). The number of alkyl halides is 3. The molecule has 0 spiro atoms. The predicted molar refractivity (Wildman–Crippen MR) is 111 cm³/mol. The van der Waals surface area contributed by atoms with Crippen LogP contribution in [0.2, 0.25) is 0 Å². The van der Waals surface area contributed by atoms with Gasteiger partial charge in [0.1, 0.15) is 29.3 Å².